The van der Waals surface area contributed by atoms with Crippen molar-refractivity contribution < 1.29 is 0 Å². The van der Waals surface area contributed by atoms with Crippen LogP contribution in [0.3, 0.4) is 0 Å². The van der Waals surface area contributed by atoms with Gasteiger partial charge < -0.3 is 10.6 Å². The predicted molar refractivity (Wildman–Crippen MR) is 72.3 cm³/mol. The molecular formula is C13H24N4. The molecule has 2 atom stereocenters. The van der Waals surface area contributed by atoms with Gasteiger partial charge in [-0.25, -0.2) is 0 Å². The minimum absolute atomic E-state index is 0.572. The van der Waals surface area contributed by atoms with Crippen molar-refractivity contribution >= 4 is 11.5 Å². The van der Waals surface area contributed by atoms with Crippen LogP contribution in [0, 0.1) is 0 Å². The van der Waals surface area contributed by atoms with Crippen LogP contribution < -0.4 is 10.6 Å². The first kappa shape index (κ1) is 12.3. The van der Waals surface area contributed by atoms with Crippen molar-refractivity contribution in [1.82, 2.24) is 9.78 Å². The standard InChI is InChI=1S/C13H24N4/c1-5-10-8-7-9(3)17(10)13-12(14)11(6-2)15-16(13)4/h9-10H,5-8,14H2,1-4H3. The van der Waals surface area contributed by atoms with Crippen LogP contribution >= 0.6 is 0 Å². The third-order valence-electron chi connectivity index (χ3n) is 3.97. The summed E-state index contributed by atoms with van der Waals surface area (Å²) in [4.78, 5) is 2.47. The van der Waals surface area contributed by atoms with Crippen LogP contribution in [-0.4, -0.2) is 21.9 Å². The summed E-state index contributed by atoms with van der Waals surface area (Å²) in [5.74, 6) is 1.12. The highest BCUT2D eigenvalue weighted by Crippen LogP contribution is 2.36. The molecule has 1 aromatic heterocycles. The topological polar surface area (TPSA) is 47.1 Å². The SMILES string of the molecule is CCc1nn(C)c(N2C(C)CCC2CC)c1N. The van der Waals surface area contributed by atoms with E-state index in [1.54, 1.807) is 0 Å². The van der Waals surface area contributed by atoms with Gasteiger partial charge >= 0.3 is 0 Å². The van der Waals surface area contributed by atoms with Gasteiger partial charge in [0.15, 0.2) is 5.82 Å². The lowest BCUT2D eigenvalue weighted by molar-refractivity contribution is 0.598. The lowest BCUT2D eigenvalue weighted by Crippen LogP contribution is -2.36. The number of hydrogen-bond donors (Lipinski definition) is 1. The van der Waals surface area contributed by atoms with Gasteiger partial charge in [0.2, 0.25) is 0 Å². The molecule has 2 unspecified atom stereocenters. The Labute approximate surface area is 104 Å². The van der Waals surface area contributed by atoms with E-state index in [9.17, 15) is 0 Å². The zero-order valence-electron chi connectivity index (χ0n) is 11.4. The largest absolute Gasteiger partial charge is 0.394 e. The Morgan fingerprint density at radius 2 is 2.06 bits per heavy atom. The Morgan fingerprint density at radius 3 is 2.59 bits per heavy atom. The van der Waals surface area contributed by atoms with Crippen LogP contribution in [0.5, 0.6) is 0 Å². The van der Waals surface area contributed by atoms with E-state index in [2.05, 4.69) is 30.8 Å². The summed E-state index contributed by atoms with van der Waals surface area (Å²) in [5.41, 5.74) is 8.15. The van der Waals surface area contributed by atoms with Crippen molar-refractivity contribution in [2.45, 2.75) is 58.5 Å². The van der Waals surface area contributed by atoms with E-state index >= 15 is 0 Å². The average Bonchev–Trinajstić information content (AvgIpc) is 2.80. The van der Waals surface area contributed by atoms with Gasteiger partial charge in [0.25, 0.3) is 0 Å². The maximum absolute atomic E-state index is 6.25. The quantitative estimate of drug-likeness (QED) is 0.876. The monoisotopic (exact) mass is 236 g/mol. The lowest BCUT2D eigenvalue weighted by atomic mass is 10.1. The number of aryl methyl sites for hydroxylation is 2. The summed E-state index contributed by atoms with van der Waals surface area (Å²) in [5, 5.41) is 4.53. The van der Waals surface area contributed by atoms with Crippen molar-refractivity contribution in [3.63, 3.8) is 0 Å². The lowest BCUT2D eigenvalue weighted by Gasteiger charge is -2.30. The normalized spacial score (nSPS) is 24.6. The van der Waals surface area contributed by atoms with Gasteiger partial charge in [0.05, 0.1) is 11.4 Å². The number of hydrogen-bond acceptors (Lipinski definition) is 3. The maximum Gasteiger partial charge on any atom is 0.150 e. The third-order valence-corrected chi connectivity index (χ3v) is 3.97. The first-order valence-electron chi connectivity index (χ1n) is 6.69. The fourth-order valence-electron chi connectivity index (χ4n) is 3.01. The Balaban J connectivity index is 2.41. The number of nitrogens with zero attached hydrogens (tertiary/aromatic N) is 3. The van der Waals surface area contributed by atoms with E-state index in [1.807, 2.05) is 11.7 Å². The van der Waals surface area contributed by atoms with Crippen molar-refractivity contribution in [1.29, 1.82) is 0 Å². The molecule has 0 amide bonds. The zero-order valence-corrected chi connectivity index (χ0v) is 11.4. The summed E-state index contributed by atoms with van der Waals surface area (Å²) < 4.78 is 1.96. The number of nitrogens with two attached hydrogens (primary N) is 1. The molecule has 4 nitrogen and oxygen atoms in total. The van der Waals surface area contributed by atoms with Crippen molar-refractivity contribution in [2.24, 2.45) is 7.05 Å². The smallest absolute Gasteiger partial charge is 0.150 e. The van der Waals surface area contributed by atoms with Crippen LogP contribution in [0.1, 0.15) is 45.7 Å². The van der Waals surface area contributed by atoms with E-state index in [-0.39, 0.29) is 0 Å². The van der Waals surface area contributed by atoms with E-state index in [0.29, 0.717) is 12.1 Å². The molecule has 0 aliphatic carbocycles. The van der Waals surface area contributed by atoms with Crippen LogP contribution in [0.15, 0.2) is 0 Å². The molecule has 0 aromatic carbocycles. The molecule has 1 aliphatic rings. The zero-order chi connectivity index (χ0) is 12.6. The second-order valence-corrected chi connectivity index (χ2v) is 5.06. The third kappa shape index (κ3) is 1.90. The molecule has 4 heteroatoms. The number of anilines is 2. The van der Waals surface area contributed by atoms with Crippen LogP contribution in [0.2, 0.25) is 0 Å². The summed E-state index contributed by atoms with van der Waals surface area (Å²) in [6.45, 7) is 6.64. The Bertz CT molecular complexity index is 396. The first-order valence-corrected chi connectivity index (χ1v) is 6.69. The molecule has 2 heterocycles. The molecule has 2 rings (SSSR count). The Kier molecular flexibility index (Phi) is 3.31. The molecule has 0 bridgehead atoms. The second-order valence-electron chi connectivity index (χ2n) is 5.06. The van der Waals surface area contributed by atoms with Gasteiger partial charge in [-0.1, -0.05) is 13.8 Å². The highest BCUT2D eigenvalue weighted by atomic mass is 15.4. The van der Waals surface area contributed by atoms with Crippen LogP contribution in [0.25, 0.3) is 0 Å². The van der Waals surface area contributed by atoms with Gasteiger partial charge in [0.1, 0.15) is 0 Å². The number of nitrogen functional groups attached to an aromatic ring is 1. The van der Waals surface area contributed by atoms with E-state index < -0.39 is 0 Å². The van der Waals surface area contributed by atoms with E-state index in [0.717, 1.165) is 23.6 Å². The molecule has 0 radical (unpaired) electrons. The van der Waals surface area contributed by atoms with Gasteiger partial charge in [-0.3, -0.25) is 4.68 Å². The Morgan fingerprint density at radius 1 is 1.35 bits per heavy atom. The highest BCUT2D eigenvalue weighted by Gasteiger charge is 2.33. The molecule has 17 heavy (non-hydrogen) atoms. The van der Waals surface area contributed by atoms with Crippen LogP contribution in [-0.2, 0) is 13.5 Å². The van der Waals surface area contributed by atoms with Crippen LogP contribution in [0.4, 0.5) is 11.5 Å². The molecule has 1 aliphatic heterocycles. The second kappa shape index (κ2) is 4.59. The fraction of sp³-hybridized carbons (Fsp3) is 0.769. The van der Waals surface area contributed by atoms with Gasteiger partial charge in [-0.05, 0) is 32.6 Å². The molecule has 2 N–H and O–H groups in total. The molecule has 1 aromatic rings. The summed E-state index contributed by atoms with van der Waals surface area (Å²) in [6.07, 6.45) is 4.60. The minimum atomic E-state index is 0.572. The molecule has 1 fully saturated rings. The van der Waals surface area contributed by atoms with Crippen molar-refractivity contribution in [3.8, 4) is 0 Å². The van der Waals surface area contributed by atoms with Crippen molar-refractivity contribution in [2.75, 3.05) is 10.6 Å². The molecule has 96 valence electrons. The van der Waals surface area contributed by atoms with Crippen molar-refractivity contribution in [3.05, 3.63) is 5.69 Å². The first-order chi connectivity index (χ1) is 8.10. The highest BCUT2D eigenvalue weighted by molar-refractivity contribution is 5.67. The summed E-state index contributed by atoms with van der Waals surface area (Å²) >= 11 is 0. The average molecular weight is 236 g/mol. The molecular weight excluding hydrogens is 212 g/mol. The molecule has 1 saturated heterocycles. The molecule has 0 spiro atoms. The maximum atomic E-state index is 6.25. The van der Waals surface area contributed by atoms with Gasteiger partial charge in [-0.2, -0.15) is 5.10 Å². The van der Waals surface area contributed by atoms with E-state index in [4.69, 9.17) is 5.73 Å². The number of aromatic nitrogens is 2. The van der Waals surface area contributed by atoms with Gasteiger partial charge in [-0.15, -0.1) is 0 Å². The summed E-state index contributed by atoms with van der Waals surface area (Å²) in [6, 6.07) is 1.19. The summed E-state index contributed by atoms with van der Waals surface area (Å²) in [7, 11) is 2.00. The molecule has 0 saturated carbocycles. The fourth-order valence-corrected chi connectivity index (χ4v) is 3.01. The Hall–Kier alpha value is -1.19. The van der Waals surface area contributed by atoms with Gasteiger partial charge in [0, 0.05) is 19.1 Å². The van der Waals surface area contributed by atoms with E-state index in [1.165, 1.54) is 19.3 Å². The minimum Gasteiger partial charge on any atom is -0.394 e. The number of rotatable bonds is 3. The predicted octanol–water partition coefficient (Wildman–Crippen LogP) is 2.33.